The van der Waals surface area contributed by atoms with Crippen LogP contribution in [0.3, 0.4) is 0 Å². The van der Waals surface area contributed by atoms with E-state index in [4.69, 9.17) is 0 Å². The number of carbonyl (C=O) groups is 1. The summed E-state index contributed by atoms with van der Waals surface area (Å²) < 4.78 is 28.3. The van der Waals surface area contributed by atoms with Gasteiger partial charge in [-0.05, 0) is 55.3 Å². The first kappa shape index (κ1) is 19.7. The second-order valence-electron chi connectivity index (χ2n) is 6.50. The van der Waals surface area contributed by atoms with Gasteiger partial charge in [-0.15, -0.1) is 0 Å². The maximum absolute atomic E-state index is 12.5. The first-order valence-corrected chi connectivity index (χ1v) is 11.0. The summed E-state index contributed by atoms with van der Waals surface area (Å²) >= 11 is 3.27. The Morgan fingerprint density at radius 1 is 1.00 bits per heavy atom. The van der Waals surface area contributed by atoms with Gasteiger partial charge in [-0.1, -0.05) is 28.8 Å². The molecule has 2 aromatic carbocycles. The van der Waals surface area contributed by atoms with E-state index in [1.807, 2.05) is 0 Å². The molecule has 1 aliphatic rings. The number of nitrogens with zero attached hydrogens (tertiary/aromatic N) is 1. The van der Waals surface area contributed by atoms with Crippen molar-refractivity contribution in [1.82, 2.24) is 0 Å². The Hall–Kier alpha value is -2.06. The molecule has 0 atom stereocenters. The van der Waals surface area contributed by atoms with Crippen molar-refractivity contribution in [3.8, 4) is 0 Å². The quantitative estimate of drug-likeness (QED) is 0.704. The number of anilines is 2. The van der Waals surface area contributed by atoms with Crippen molar-refractivity contribution >= 4 is 43.3 Å². The number of halogens is 1. The van der Waals surface area contributed by atoms with E-state index < -0.39 is 16.0 Å². The lowest BCUT2D eigenvalue weighted by Gasteiger charge is -2.24. The second-order valence-corrected chi connectivity index (χ2v) is 9.10. The van der Waals surface area contributed by atoms with Crippen LogP contribution in [0.15, 0.2) is 51.8 Å². The van der Waals surface area contributed by atoms with E-state index in [9.17, 15) is 18.3 Å². The molecule has 0 unspecified atom stereocenters. The number of nitrogens with one attached hydrogen (secondary N) is 1. The maximum atomic E-state index is 12.5. The molecule has 0 aliphatic carbocycles. The predicted octanol–water partition coefficient (Wildman–Crippen LogP) is 4.33. The number of hydrogen-bond acceptors (Lipinski definition) is 4. The number of rotatable bonds is 5. The number of benzene rings is 2. The van der Waals surface area contributed by atoms with Gasteiger partial charge in [-0.2, -0.15) is 0 Å². The molecule has 8 heteroatoms. The molecule has 0 saturated carbocycles. The molecule has 1 saturated heterocycles. The van der Waals surface area contributed by atoms with Crippen LogP contribution < -0.4 is 9.62 Å². The van der Waals surface area contributed by atoms with Crippen molar-refractivity contribution in [2.24, 2.45) is 0 Å². The minimum atomic E-state index is -3.79. The molecule has 1 fully saturated rings. The van der Waals surface area contributed by atoms with Crippen LogP contribution in [-0.2, 0) is 10.0 Å². The lowest BCUT2D eigenvalue weighted by Crippen LogP contribution is -2.26. The third kappa shape index (κ3) is 4.81. The fourth-order valence-electron chi connectivity index (χ4n) is 3.19. The van der Waals surface area contributed by atoms with E-state index in [2.05, 4.69) is 25.6 Å². The number of hydrogen-bond donors (Lipinski definition) is 2. The molecule has 0 radical (unpaired) electrons. The molecule has 2 N–H and O–H groups in total. The molecule has 0 bridgehead atoms. The average Bonchev–Trinajstić information content (AvgIpc) is 2.91. The predicted molar refractivity (Wildman–Crippen MR) is 109 cm³/mol. The fourth-order valence-corrected chi connectivity index (χ4v) is 4.50. The molecule has 2 aromatic rings. The van der Waals surface area contributed by atoms with E-state index in [0.29, 0.717) is 5.69 Å². The van der Waals surface area contributed by atoms with Gasteiger partial charge in [0.2, 0.25) is 0 Å². The normalized spacial score (nSPS) is 15.2. The van der Waals surface area contributed by atoms with Gasteiger partial charge in [-0.3, -0.25) is 4.72 Å². The van der Waals surface area contributed by atoms with Gasteiger partial charge in [0.05, 0.1) is 16.1 Å². The van der Waals surface area contributed by atoms with Crippen LogP contribution in [0, 0.1) is 0 Å². The van der Waals surface area contributed by atoms with Gasteiger partial charge in [0.25, 0.3) is 10.0 Å². The largest absolute Gasteiger partial charge is 0.478 e. The molecule has 0 aromatic heterocycles. The van der Waals surface area contributed by atoms with Gasteiger partial charge in [0.1, 0.15) is 0 Å². The van der Waals surface area contributed by atoms with Crippen LogP contribution in [0.25, 0.3) is 0 Å². The van der Waals surface area contributed by atoms with E-state index in [-0.39, 0.29) is 16.1 Å². The van der Waals surface area contributed by atoms with Crippen molar-refractivity contribution in [3.63, 3.8) is 0 Å². The highest BCUT2D eigenvalue weighted by Gasteiger charge is 2.20. The first-order chi connectivity index (χ1) is 12.9. The average molecular weight is 453 g/mol. The van der Waals surface area contributed by atoms with Crippen LogP contribution in [0.1, 0.15) is 36.0 Å². The highest BCUT2D eigenvalue weighted by atomic mass is 79.9. The summed E-state index contributed by atoms with van der Waals surface area (Å²) in [7, 11) is -3.79. The summed E-state index contributed by atoms with van der Waals surface area (Å²) in [6.07, 6.45) is 4.34. The molecule has 1 aliphatic heterocycles. The molecule has 6 nitrogen and oxygen atoms in total. The lowest BCUT2D eigenvalue weighted by molar-refractivity contribution is 0.0697. The Balaban J connectivity index is 1.89. The van der Waals surface area contributed by atoms with E-state index in [1.54, 1.807) is 24.3 Å². The van der Waals surface area contributed by atoms with Crippen molar-refractivity contribution in [1.29, 1.82) is 0 Å². The van der Waals surface area contributed by atoms with E-state index >= 15 is 0 Å². The Kier molecular flexibility index (Phi) is 6.06. The zero-order valence-electron chi connectivity index (χ0n) is 14.7. The lowest BCUT2D eigenvalue weighted by atomic mass is 10.1. The van der Waals surface area contributed by atoms with Crippen molar-refractivity contribution < 1.29 is 18.3 Å². The summed E-state index contributed by atoms with van der Waals surface area (Å²) in [6, 6.07) is 10.9. The summed E-state index contributed by atoms with van der Waals surface area (Å²) in [6.45, 7) is 1.62. The molecule has 0 amide bonds. The van der Waals surface area contributed by atoms with Crippen molar-refractivity contribution in [2.45, 2.75) is 30.6 Å². The topological polar surface area (TPSA) is 86.7 Å². The zero-order chi connectivity index (χ0) is 19.4. The molecule has 144 valence electrons. The highest BCUT2D eigenvalue weighted by molar-refractivity contribution is 9.10. The highest BCUT2D eigenvalue weighted by Crippen LogP contribution is 2.28. The molecular formula is C19H21BrN2O4S. The number of carboxylic acid groups (broad SMARTS) is 1. The van der Waals surface area contributed by atoms with Crippen LogP contribution >= 0.6 is 15.9 Å². The van der Waals surface area contributed by atoms with Gasteiger partial charge in [0, 0.05) is 23.2 Å². The molecule has 27 heavy (non-hydrogen) atoms. The third-order valence-electron chi connectivity index (χ3n) is 4.55. The van der Waals surface area contributed by atoms with Crippen LogP contribution in [0.5, 0.6) is 0 Å². The summed E-state index contributed by atoms with van der Waals surface area (Å²) in [5, 5.41) is 9.63. The summed E-state index contributed by atoms with van der Waals surface area (Å²) in [4.78, 5) is 13.9. The zero-order valence-corrected chi connectivity index (χ0v) is 17.1. The van der Waals surface area contributed by atoms with E-state index in [1.165, 1.54) is 18.2 Å². The SMILES string of the molecule is O=C(O)c1cc(NS(=O)(=O)c2ccc(Br)cc2)ccc1N1CCCCCC1. The fraction of sp³-hybridized carbons (Fsp3) is 0.316. The standard InChI is InChI=1S/C19H21BrN2O4S/c20-14-5-8-16(9-6-14)27(25,26)21-15-7-10-18(17(13-15)19(23)24)22-11-3-1-2-4-12-22/h5-10,13,21H,1-4,11-12H2,(H,23,24). The third-order valence-corrected chi connectivity index (χ3v) is 6.48. The Morgan fingerprint density at radius 3 is 2.22 bits per heavy atom. The summed E-state index contributed by atoms with van der Waals surface area (Å²) in [5.74, 6) is -1.07. The molecule has 3 rings (SSSR count). The maximum Gasteiger partial charge on any atom is 0.337 e. The first-order valence-electron chi connectivity index (χ1n) is 8.77. The molecular weight excluding hydrogens is 432 g/mol. The second kappa shape index (κ2) is 8.31. The Morgan fingerprint density at radius 2 is 1.63 bits per heavy atom. The monoisotopic (exact) mass is 452 g/mol. The van der Waals surface area contributed by atoms with Crippen LogP contribution in [0.2, 0.25) is 0 Å². The van der Waals surface area contributed by atoms with Gasteiger partial charge in [-0.25, -0.2) is 13.2 Å². The van der Waals surface area contributed by atoms with Crippen molar-refractivity contribution in [2.75, 3.05) is 22.7 Å². The smallest absolute Gasteiger partial charge is 0.337 e. The number of aromatic carboxylic acids is 1. The number of carboxylic acids is 1. The molecule has 0 spiro atoms. The van der Waals surface area contributed by atoms with Gasteiger partial charge in [0.15, 0.2) is 0 Å². The minimum Gasteiger partial charge on any atom is -0.478 e. The molecule has 1 heterocycles. The van der Waals surface area contributed by atoms with Gasteiger partial charge < -0.3 is 10.0 Å². The van der Waals surface area contributed by atoms with Crippen molar-refractivity contribution in [3.05, 3.63) is 52.5 Å². The van der Waals surface area contributed by atoms with Crippen LogP contribution in [-0.4, -0.2) is 32.6 Å². The Labute approximate surface area is 167 Å². The summed E-state index contributed by atoms with van der Waals surface area (Å²) in [5.41, 5.74) is 0.970. The minimum absolute atomic E-state index is 0.105. The van der Waals surface area contributed by atoms with Gasteiger partial charge >= 0.3 is 5.97 Å². The van der Waals surface area contributed by atoms with Crippen LogP contribution in [0.4, 0.5) is 11.4 Å². The number of sulfonamides is 1. The van der Waals surface area contributed by atoms with E-state index in [0.717, 1.165) is 43.2 Å². The Bertz CT molecular complexity index is 921.